The van der Waals surface area contributed by atoms with E-state index in [1.165, 1.54) is 24.3 Å². The number of halogens is 3. The lowest BCUT2D eigenvalue weighted by molar-refractivity contribution is 0.625. The number of rotatable bonds is 3. The van der Waals surface area contributed by atoms with Gasteiger partial charge in [0.1, 0.15) is 11.6 Å². The minimum absolute atomic E-state index is 0.259. The van der Waals surface area contributed by atoms with Gasteiger partial charge in [-0.25, -0.2) is 8.78 Å². The number of benzene rings is 2. The van der Waals surface area contributed by atoms with Crippen LogP contribution < -0.4 is 5.32 Å². The van der Waals surface area contributed by atoms with Crippen LogP contribution in [0.4, 0.5) is 14.5 Å². The molecule has 0 atom stereocenters. The zero-order valence-electron chi connectivity index (χ0n) is 9.81. The van der Waals surface area contributed by atoms with Crippen LogP contribution in [-0.2, 0) is 6.54 Å². The van der Waals surface area contributed by atoms with Gasteiger partial charge in [0, 0.05) is 17.3 Å². The largest absolute Gasteiger partial charge is 0.381 e. The molecule has 0 aliphatic heterocycles. The van der Waals surface area contributed by atoms with Crippen molar-refractivity contribution >= 4 is 17.3 Å². The fraction of sp³-hybridized carbons (Fsp3) is 0.143. The van der Waals surface area contributed by atoms with Gasteiger partial charge < -0.3 is 5.32 Å². The van der Waals surface area contributed by atoms with Crippen LogP contribution >= 0.6 is 11.6 Å². The zero-order valence-corrected chi connectivity index (χ0v) is 10.6. The van der Waals surface area contributed by atoms with Crippen LogP contribution in [0.15, 0.2) is 36.4 Å². The van der Waals surface area contributed by atoms with Crippen molar-refractivity contribution in [2.24, 2.45) is 0 Å². The van der Waals surface area contributed by atoms with E-state index >= 15 is 0 Å². The molecule has 0 saturated carbocycles. The molecule has 0 aliphatic carbocycles. The number of aryl methyl sites for hydroxylation is 1. The Bertz CT molecular complexity index is 549. The van der Waals surface area contributed by atoms with Crippen LogP contribution in [0.2, 0.25) is 5.02 Å². The van der Waals surface area contributed by atoms with E-state index in [9.17, 15) is 8.78 Å². The highest BCUT2D eigenvalue weighted by Crippen LogP contribution is 2.19. The number of nitrogens with one attached hydrogen (secondary N) is 1. The Kier molecular flexibility index (Phi) is 3.82. The smallest absolute Gasteiger partial charge is 0.126 e. The van der Waals surface area contributed by atoms with Gasteiger partial charge in [-0.05, 0) is 48.4 Å². The Morgan fingerprint density at radius 2 is 1.83 bits per heavy atom. The van der Waals surface area contributed by atoms with Crippen molar-refractivity contribution in [3.8, 4) is 0 Å². The summed E-state index contributed by atoms with van der Waals surface area (Å²) in [4.78, 5) is 0. The molecular weight excluding hydrogens is 256 g/mol. The Morgan fingerprint density at radius 1 is 1.06 bits per heavy atom. The summed E-state index contributed by atoms with van der Waals surface area (Å²) in [6, 6.07) is 8.83. The molecule has 4 heteroatoms. The summed E-state index contributed by atoms with van der Waals surface area (Å²) in [7, 11) is 0. The molecule has 0 bridgehead atoms. The summed E-state index contributed by atoms with van der Waals surface area (Å²) < 4.78 is 26.0. The predicted molar refractivity (Wildman–Crippen MR) is 69.9 cm³/mol. The van der Waals surface area contributed by atoms with Crippen molar-refractivity contribution in [1.29, 1.82) is 0 Å². The zero-order chi connectivity index (χ0) is 13.1. The van der Waals surface area contributed by atoms with Crippen molar-refractivity contribution in [2.75, 3.05) is 5.32 Å². The Labute approximate surface area is 109 Å². The molecule has 94 valence electrons. The van der Waals surface area contributed by atoms with Crippen LogP contribution in [0.1, 0.15) is 11.1 Å². The molecular formula is C14H12ClF2N. The predicted octanol–water partition coefficient (Wildman–Crippen LogP) is 4.54. The summed E-state index contributed by atoms with van der Waals surface area (Å²) in [5, 5.41) is 3.40. The first-order valence-electron chi connectivity index (χ1n) is 5.49. The summed E-state index contributed by atoms with van der Waals surface area (Å²) >= 11 is 5.75. The molecule has 0 heterocycles. The topological polar surface area (TPSA) is 12.0 Å². The van der Waals surface area contributed by atoms with Crippen LogP contribution in [0.5, 0.6) is 0 Å². The van der Waals surface area contributed by atoms with E-state index in [1.54, 1.807) is 12.1 Å². The lowest BCUT2D eigenvalue weighted by atomic mass is 10.1. The van der Waals surface area contributed by atoms with Crippen molar-refractivity contribution in [2.45, 2.75) is 13.5 Å². The van der Waals surface area contributed by atoms with E-state index in [-0.39, 0.29) is 11.6 Å². The fourth-order valence-corrected chi connectivity index (χ4v) is 1.93. The van der Waals surface area contributed by atoms with E-state index in [0.717, 1.165) is 11.1 Å². The molecule has 0 aromatic heterocycles. The second-order valence-corrected chi connectivity index (χ2v) is 4.52. The molecule has 2 aromatic carbocycles. The third-order valence-corrected chi connectivity index (χ3v) is 2.87. The second kappa shape index (κ2) is 5.36. The normalized spacial score (nSPS) is 10.4. The second-order valence-electron chi connectivity index (χ2n) is 4.08. The van der Waals surface area contributed by atoms with Crippen LogP contribution in [0.3, 0.4) is 0 Å². The molecule has 2 rings (SSSR count). The van der Waals surface area contributed by atoms with Gasteiger partial charge in [0.05, 0.1) is 0 Å². The molecule has 18 heavy (non-hydrogen) atoms. The summed E-state index contributed by atoms with van der Waals surface area (Å²) in [5.74, 6) is -0.647. The fourth-order valence-electron chi connectivity index (χ4n) is 1.71. The molecule has 0 fully saturated rings. The molecule has 0 amide bonds. The maximum Gasteiger partial charge on any atom is 0.126 e. The molecule has 0 radical (unpaired) electrons. The van der Waals surface area contributed by atoms with Gasteiger partial charge >= 0.3 is 0 Å². The van der Waals surface area contributed by atoms with Crippen LogP contribution in [0, 0.1) is 18.6 Å². The number of hydrogen-bond acceptors (Lipinski definition) is 1. The lowest BCUT2D eigenvalue weighted by Gasteiger charge is -2.09. The quantitative estimate of drug-likeness (QED) is 0.861. The standard InChI is InChI=1S/C14H12ClF2N/c1-9-4-12(16)3-2-10(9)8-18-14-6-11(15)5-13(17)7-14/h2-7,18H,8H2,1H3. The Morgan fingerprint density at radius 3 is 2.50 bits per heavy atom. The molecule has 1 nitrogen and oxygen atoms in total. The van der Waals surface area contributed by atoms with Crippen LogP contribution in [-0.4, -0.2) is 0 Å². The summed E-state index contributed by atoms with van der Waals surface area (Å²) in [6.07, 6.45) is 0. The highest BCUT2D eigenvalue weighted by Gasteiger charge is 2.02. The van der Waals surface area contributed by atoms with Gasteiger partial charge in [-0.3, -0.25) is 0 Å². The van der Waals surface area contributed by atoms with E-state index in [2.05, 4.69) is 5.32 Å². The first-order chi connectivity index (χ1) is 8.54. The average molecular weight is 268 g/mol. The summed E-state index contributed by atoms with van der Waals surface area (Å²) in [5.41, 5.74) is 2.41. The molecule has 2 aromatic rings. The van der Waals surface area contributed by atoms with Gasteiger partial charge in [-0.2, -0.15) is 0 Å². The van der Waals surface area contributed by atoms with Crippen molar-refractivity contribution in [3.05, 3.63) is 64.2 Å². The van der Waals surface area contributed by atoms with E-state index in [0.29, 0.717) is 17.3 Å². The van der Waals surface area contributed by atoms with Gasteiger partial charge in [0.2, 0.25) is 0 Å². The first-order valence-corrected chi connectivity index (χ1v) is 5.87. The van der Waals surface area contributed by atoms with Gasteiger partial charge in [0.25, 0.3) is 0 Å². The maximum absolute atomic E-state index is 13.1. The maximum atomic E-state index is 13.1. The number of anilines is 1. The molecule has 1 N–H and O–H groups in total. The van der Waals surface area contributed by atoms with E-state index in [1.807, 2.05) is 6.92 Å². The van der Waals surface area contributed by atoms with Crippen molar-refractivity contribution < 1.29 is 8.78 Å². The lowest BCUT2D eigenvalue weighted by Crippen LogP contribution is -2.02. The molecule has 0 spiro atoms. The van der Waals surface area contributed by atoms with E-state index < -0.39 is 0 Å². The minimum atomic E-state index is -0.388. The molecule has 0 unspecified atom stereocenters. The monoisotopic (exact) mass is 267 g/mol. The molecule has 0 aliphatic rings. The Balaban J connectivity index is 2.11. The third-order valence-electron chi connectivity index (χ3n) is 2.65. The van der Waals surface area contributed by atoms with Crippen molar-refractivity contribution in [1.82, 2.24) is 0 Å². The number of hydrogen-bond donors (Lipinski definition) is 1. The Hall–Kier alpha value is -1.61. The van der Waals surface area contributed by atoms with E-state index in [4.69, 9.17) is 11.6 Å². The summed E-state index contributed by atoms with van der Waals surface area (Å²) in [6.45, 7) is 2.32. The van der Waals surface area contributed by atoms with Gasteiger partial charge in [-0.1, -0.05) is 17.7 Å². The van der Waals surface area contributed by atoms with Gasteiger partial charge in [-0.15, -0.1) is 0 Å². The third kappa shape index (κ3) is 3.20. The highest BCUT2D eigenvalue weighted by atomic mass is 35.5. The average Bonchev–Trinajstić information content (AvgIpc) is 2.26. The SMILES string of the molecule is Cc1cc(F)ccc1CNc1cc(F)cc(Cl)c1. The minimum Gasteiger partial charge on any atom is -0.381 e. The highest BCUT2D eigenvalue weighted by molar-refractivity contribution is 6.30. The van der Waals surface area contributed by atoms with Gasteiger partial charge in [0.15, 0.2) is 0 Å². The molecule has 0 saturated heterocycles. The first kappa shape index (κ1) is 12.8. The van der Waals surface area contributed by atoms with Crippen LogP contribution in [0.25, 0.3) is 0 Å². The van der Waals surface area contributed by atoms with Crippen molar-refractivity contribution in [3.63, 3.8) is 0 Å².